The normalized spacial score (nSPS) is 35.0. The third-order valence-corrected chi connectivity index (χ3v) is 8.65. The van der Waals surface area contributed by atoms with Gasteiger partial charge in [0.2, 0.25) is 24.3 Å². The Hall–Kier alpha value is -2.48. The molecule has 0 unspecified atom stereocenters. The Bertz CT molecular complexity index is 788. The fourth-order valence-electron chi connectivity index (χ4n) is 7.10. The Labute approximate surface area is 195 Å². The van der Waals surface area contributed by atoms with Crippen molar-refractivity contribution in [2.75, 3.05) is 13.1 Å². The molecule has 0 aromatic rings. The summed E-state index contributed by atoms with van der Waals surface area (Å²) in [5.41, 5.74) is -0.0737. The molecule has 3 saturated carbocycles. The van der Waals surface area contributed by atoms with E-state index in [0.29, 0.717) is 36.8 Å². The maximum atomic E-state index is 11.2. The zero-order valence-electron chi connectivity index (χ0n) is 19.3. The summed E-state index contributed by atoms with van der Waals surface area (Å²) >= 11 is 0. The first kappa shape index (κ1) is 25.1. The number of hydrogen-bond donors (Lipinski definition) is 0. The van der Waals surface area contributed by atoms with Gasteiger partial charge < -0.3 is 0 Å². The Morgan fingerprint density at radius 1 is 0.636 bits per heavy atom. The van der Waals surface area contributed by atoms with Crippen LogP contribution in [0.25, 0.3) is 0 Å². The van der Waals surface area contributed by atoms with Crippen molar-refractivity contribution < 1.29 is 19.2 Å². The van der Waals surface area contributed by atoms with Gasteiger partial charge in [-0.1, -0.05) is 0 Å². The number of rotatable bonds is 9. The van der Waals surface area contributed by atoms with E-state index in [0.717, 1.165) is 77.0 Å². The van der Waals surface area contributed by atoms with Crippen molar-refractivity contribution in [2.45, 2.75) is 89.1 Å². The molecule has 0 spiro atoms. The zero-order chi connectivity index (χ0) is 23.5. The summed E-state index contributed by atoms with van der Waals surface area (Å²) in [4.78, 5) is 59.1. The van der Waals surface area contributed by atoms with Gasteiger partial charge in [-0.05, 0) is 106 Å². The van der Waals surface area contributed by atoms with Gasteiger partial charge in [-0.3, -0.25) is 0 Å². The minimum atomic E-state index is -0.0737. The van der Waals surface area contributed by atoms with Crippen LogP contribution in [0.3, 0.4) is 0 Å². The number of carbonyl (C=O) groups excluding carboxylic acids is 4. The molecule has 0 bridgehead atoms. The van der Waals surface area contributed by atoms with E-state index >= 15 is 0 Å². The van der Waals surface area contributed by atoms with Crippen LogP contribution in [0, 0.1) is 29.1 Å². The monoisotopic (exact) mass is 454 g/mol. The molecule has 3 fully saturated rings. The van der Waals surface area contributed by atoms with E-state index in [1.54, 1.807) is 24.3 Å². The predicted molar refractivity (Wildman–Crippen MR) is 122 cm³/mol. The lowest BCUT2D eigenvalue weighted by Gasteiger charge is -2.52. The van der Waals surface area contributed by atoms with Crippen molar-refractivity contribution in [3.05, 3.63) is 0 Å². The molecule has 3 rings (SSSR count). The third-order valence-electron chi connectivity index (χ3n) is 8.65. The molecular formula is C25H34N4O4. The van der Waals surface area contributed by atoms with Crippen molar-refractivity contribution in [1.29, 1.82) is 0 Å². The maximum Gasteiger partial charge on any atom is 0.235 e. The molecule has 33 heavy (non-hydrogen) atoms. The van der Waals surface area contributed by atoms with Crippen LogP contribution in [-0.4, -0.2) is 49.5 Å². The van der Waals surface area contributed by atoms with E-state index in [1.807, 2.05) is 0 Å². The molecule has 0 aliphatic heterocycles. The third kappa shape index (κ3) is 6.53. The van der Waals surface area contributed by atoms with Crippen molar-refractivity contribution in [3.8, 4) is 0 Å². The Morgan fingerprint density at radius 2 is 1.12 bits per heavy atom. The molecule has 8 heteroatoms. The lowest BCUT2D eigenvalue weighted by molar-refractivity contribution is -0.0199. The van der Waals surface area contributed by atoms with E-state index in [9.17, 15) is 19.2 Å². The maximum absolute atomic E-state index is 11.2. The van der Waals surface area contributed by atoms with Crippen LogP contribution in [0.1, 0.15) is 77.0 Å². The molecule has 3 aliphatic rings. The lowest BCUT2D eigenvalue weighted by Crippen LogP contribution is -2.47. The lowest BCUT2D eigenvalue weighted by atomic mass is 9.53. The fourth-order valence-corrected chi connectivity index (χ4v) is 7.10. The van der Waals surface area contributed by atoms with Gasteiger partial charge in [-0.2, -0.15) is 0 Å². The number of aliphatic imine (C=N–C) groups is 4. The summed E-state index contributed by atoms with van der Waals surface area (Å²) in [7, 11) is 0. The fraction of sp³-hybridized carbons (Fsp3) is 0.840. The van der Waals surface area contributed by atoms with E-state index in [2.05, 4.69) is 20.0 Å². The highest BCUT2D eigenvalue weighted by Crippen LogP contribution is 2.55. The van der Waals surface area contributed by atoms with Crippen molar-refractivity contribution in [3.63, 3.8) is 0 Å². The van der Waals surface area contributed by atoms with Crippen molar-refractivity contribution in [2.24, 2.45) is 49.1 Å². The number of isocyanates is 4. The molecule has 0 amide bonds. The minimum absolute atomic E-state index is 0.0675. The Kier molecular flexibility index (Phi) is 9.66. The van der Waals surface area contributed by atoms with Crippen LogP contribution in [0.15, 0.2) is 20.0 Å². The SMILES string of the molecule is O=C=NCC1CCC(CN=C=O)(C(C2CCC(N=C=O)CC2)C2CCC(N=C=O)CC2)CC1. The van der Waals surface area contributed by atoms with Crippen LogP contribution >= 0.6 is 0 Å². The van der Waals surface area contributed by atoms with Crippen molar-refractivity contribution >= 4 is 24.3 Å². The highest BCUT2D eigenvalue weighted by Gasteiger charge is 2.49. The standard InChI is InChI=1S/C25H34N4O4/c30-15-26-13-19-9-11-25(12-10-19,14-27-16-31)24(20-1-5-22(6-2-20)28-17-32)21-3-7-23(8-4-21)29-18-33/h19-24H,1-14H2. The molecule has 8 nitrogen and oxygen atoms in total. The molecule has 0 heterocycles. The highest BCUT2D eigenvalue weighted by molar-refractivity contribution is 5.34. The summed E-state index contributed by atoms with van der Waals surface area (Å²) in [6.07, 6.45) is 18.4. The van der Waals surface area contributed by atoms with Gasteiger partial charge in [0.25, 0.3) is 0 Å². The van der Waals surface area contributed by atoms with Crippen molar-refractivity contribution in [1.82, 2.24) is 0 Å². The minimum Gasteiger partial charge on any atom is -0.211 e. The van der Waals surface area contributed by atoms with E-state index < -0.39 is 0 Å². The quantitative estimate of drug-likeness (QED) is 0.382. The molecule has 178 valence electrons. The topological polar surface area (TPSA) is 118 Å². The van der Waals surface area contributed by atoms with Gasteiger partial charge in [-0.25, -0.2) is 39.1 Å². The summed E-state index contributed by atoms with van der Waals surface area (Å²) in [6, 6.07) is 0.135. The average Bonchev–Trinajstić information content (AvgIpc) is 2.85. The van der Waals surface area contributed by atoms with Crippen LogP contribution in [0.5, 0.6) is 0 Å². The summed E-state index contributed by atoms with van der Waals surface area (Å²) in [5.74, 6) is 1.76. The molecule has 3 aliphatic carbocycles. The molecule has 0 atom stereocenters. The van der Waals surface area contributed by atoms with Gasteiger partial charge in [0, 0.05) is 0 Å². The molecular weight excluding hydrogens is 420 g/mol. The largest absolute Gasteiger partial charge is 0.235 e. The first-order chi connectivity index (χ1) is 16.2. The second-order valence-corrected chi connectivity index (χ2v) is 10.2. The van der Waals surface area contributed by atoms with Gasteiger partial charge in [0.1, 0.15) is 0 Å². The number of hydrogen-bond acceptors (Lipinski definition) is 8. The smallest absolute Gasteiger partial charge is 0.211 e. The Morgan fingerprint density at radius 3 is 1.55 bits per heavy atom. The second kappa shape index (κ2) is 12.7. The first-order valence-electron chi connectivity index (χ1n) is 12.4. The van der Waals surface area contributed by atoms with E-state index in [1.165, 1.54) is 0 Å². The van der Waals surface area contributed by atoms with E-state index in [-0.39, 0.29) is 17.5 Å². The van der Waals surface area contributed by atoms with Crippen LogP contribution < -0.4 is 0 Å². The summed E-state index contributed by atoms with van der Waals surface area (Å²) in [6.45, 7) is 1.01. The average molecular weight is 455 g/mol. The van der Waals surface area contributed by atoms with Crippen LogP contribution in [-0.2, 0) is 19.2 Å². The Balaban J connectivity index is 1.84. The predicted octanol–water partition coefficient (Wildman–Crippen LogP) is 4.24. The summed E-state index contributed by atoms with van der Waals surface area (Å²) < 4.78 is 0. The van der Waals surface area contributed by atoms with Gasteiger partial charge in [-0.15, -0.1) is 0 Å². The van der Waals surface area contributed by atoms with Crippen LogP contribution in [0.2, 0.25) is 0 Å². The van der Waals surface area contributed by atoms with Gasteiger partial charge >= 0.3 is 0 Å². The second-order valence-electron chi connectivity index (χ2n) is 10.2. The van der Waals surface area contributed by atoms with E-state index in [4.69, 9.17) is 0 Å². The molecule has 0 aromatic heterocycles. The number of nitrogens with zero attached hydrogens (tertiary/aromatic N) is 4. The zero-order valence-corrected chi connectivity index (χ0v) is 19.3. The van der Waals surface area contributed by atoms with Crippen LogP contribution in [0.4, 0.5) is 0 Å². The van der Waals surface area contributed by atoms with Gasteiger partial charge in [0.15, 0.2) is 0 Å². The molecule has 0 radical (unpaired) electrons. The molecule has 0 N–H and O–H groups in total. The molecule has 0 aromatic carbocycles. The molecule has 0 saturated heterocycles. The highest BCUT2D eigenvalue weighted by atomic mass is 16.1. The van der Waals surface area contributed by atoms with Gasteiger partial charge in [0.05, 0.1) is 25.2 Å². The summed E-state index contributed by atoms with van der Waals surface area (Å²) in [5, 5.41) is 0. The first-order valence-corrected chi connectivity index (χ1v) is 12.4.